The predicted octanol–water partition coefficient (Wildman–Crippen LogP) is 4.22. The van der Waals surface area contributed by atoms with Gasteiger partial charge in [-0.1, -0.05) is 12.1 Å². The highest BCUT2D eigenvalue weighted by Crippen LogP contribution is 2.26. The predicted molar refractivity (Wildman–Crippen MR) is 89.8 cm³/mol. The highest BCUT2D eigenvalue weighted by molar-refractivity contribution is 9.10. The number of anilines is 1. The van der Waals surface area contributed by atoms with Gasteiger partial charge in [-0.05, 0) is 59.6 Å². The Morgan fingerprint density at radius 1 is 1.09 bits per heavy atom. The van der Waals surface area contributed by atoms with Crippen molar-refractivity contribution in [2.24, 2.45) is 0 Å². The molecule has 0 aliphatic carbocycles. The third kappa shape index (κ3) is 3.54. The summed E-state index contributed by atoms with van der Waals surface area (Å²) in [6.07, 6.45) is 0. The second-order valence-electron chi connectivity index (χ2n) is 4.89. The molecule has 0 radical (unpaired) electrons. The Morgan fingerprint density at radius 3 is 2.36 bits per heavy atom. The summed E-state index contributed by atoms with van der Waals surface area (Å²) >= 11 is 3.36. The molecule has 0 heterocycles. The zero-order valence-electron chi connectivity index (χ0n) is 12.6. The van der Waals surface area contributed by atoms with E-state index in [2.05, 4.69) is 21.2 Å². The van der Waals surface area contributed by atoms with Crippen LogP contribution in [0.3, 0.4) is 0 Å². The zero-order chi connectivity index (χ0) is 16.3. The lowest BCUT2D eigenvalue weighted by Crippen LogP contribution is -2.13. The Kier molecular flexibility index (Phi) is 4.98. The minimum absolute atomic E-state index is 0.0392. The van der Waals surface area contributed by atoms with Gasteiger partial charge in [-0.2, -0.15) is 0 Å². The number of benzene rings is 2. The van der Waals surface area contributed by atoms with Crippen LogP contribution in [0.1, 0.15) is 33.2 Å². The molecule has 0 spiro atoms. The molecule has 114 valence electrons. The van der Waals surface area contributed by atoms with Crippen molar-refractivity contribution in [3.05, 3.63) is 57.6 Å². The van der Waals surface area contributed by atoms with Gasteiger partial charge in [0.15, 0.2) is 5.78 Å². The number of amides is 1. The van der Waals surface area contributed by atoms with E-state index in [1.165, 1.54) is 6.92 Å². The van der Waals surface area contributed by atoms with Crippen LogP contribution in [0.15, 0.2) is 40.9 Å². The largest absolute Gasteiger partial charge is 0.496 e. The average Bonchev–Trinajstić information content (AvgIpc) is 2.49. The summed E-state index contributed by atoms with van der Waals surface area (Å²) in [5, 5.41) is 2.83. The minimum Gasteiger partial charge on any atom is -0.496 e. The van der Waals surface area contributed by atoms with Crippen LogP contribution in [0.5, 0.6) is 5.75 Å². The van der Waals surface area contributed by atoms with Crippen molar-refractivity contribution in [1.29, 1.82) is 0 Å². The zero-order valence-corrected chi connectivity index (χ0v) is 14.2. The summed E-state index contributed by atoms with van der Waals surface area (Å²) < 4.78 is 5.85. The van der Waals surface area contributed by atoms with Gasteiger partial charge in [-0.3, -0.25) is 9.59 Å². The van der Waals surface area contributed by atoms with Crippen LogP contribution in [0, 0.1) is 6.92 Å². The van der Waals surface area contributed by atoms with E-state index in [0.717, 1.165) is 5.56 Å². The molecule has 0 bridgehead atoms. The molecule has 2 aromatic carbocycles. The molecule has 0 saturated carbocycles. The molecule has 0 saturated heterocycles. The standard InChI is InChI=1S/C17H16BrNO3/c1-10-4-5-12(11(2)20)9-15(10)19-17(21)13-6-7-16(22-3)14(18)8-13/h4-9H,1-3H3,(H,19,21). The number of hydrogen-bond acceptors (Lipinski definition) is 3. The molecule has 0 atom stereocenters. The van der Waals surface area contributed by atoms with Crippen LogP contribution in [-0.4, -0.2) is 18.8 Å². The van der Waals surface area contributed by atoms with Crippen molar-refractivity contribution in [3.8, 4) is 5.75 Å². The summed E-state index contributed by atoms with van der Waals surface area (Å²) in [6, 6.07) is 10.3. The van der Waals surface area contributed by atoms with Crippen LogP contribution in [0.25, 0.3) is 0 Å². The number of ketones is 1. The molecule has 0 fully saturated rings. The number of carbonyl (C=O) groups is 2. The maximum atomic E-state index is 12.3. The van der Waals surface area contributed by atoms with E-state index in [0.29, 0.717) is 27.0 Å². The Balaban J connectivity index is 2.27. The fraction of sp³-hybridized carbons (Fsp3) is 0.176. The maximum Gasteiger partial charge on any atom is 0.255 e. The first-order valence-electron chi connectivity index (χ1n) is 6.69. The molecule has 4 nitrogen and oxygen atoms in total. The number of hydrogen-bond donors (Lipinski definition) is 1. The number of nitrogens with one attached hydrogen (secondary N) is 1. The third-order valence-corrected chi connectivity index (χ3v) is 3.93. The molecule has 1 amide bonds. The van der Waals surface area contributed by atoms with E-state index in [9.17, 15) is 9.59 Å². The van der Waals surface area contributed by atoms with Crippen molar-refractivity contribution in [2.75, 3.05) is 12.4 Å². The normalized spacial score (nSPS) is 10.2. The van der Waals surface area contributed by atoms with Crippen molar-refractivity contribution in [2.45, 2.75) is 13.8 Å². The van der Waals surface area contributed by atoms with Crippen LogP contribution in [0.2, 0.25) is 0 Å². The number of aryl methyl sites for hydroxylation is 1. The van der Waals surface area contributed by atoms with Crippen molar-refractivity contribution in [1.82, 2.24) is 0 Å². The molecular formula is C17H16BrNO3. The lowest BCUT2D eigenvalue weighted by atomic mass is 10.1. The number of methoxy groups -OCH3 is 1. The quantitative estimate of drug-likeness (QED) is 0.829. The molecular weight excluding hydrogens is 346 g/mol. The Morgan fingerprint density at radius 2 is 1.77 bits per heavy atom. The highest BCUT2D eigenvalue weighted by Gasteiger charge is 2.11. The molecule has 1 N–H and O–H groups in total. The Hall–Kier alpha value is -2.14. The van der Waals surface area contributed by atoms with Gasteiger partial charge in [0.1, 0.15) is 5.75 Å². The first-order valence-corrected chi connectivity index (χ1v) is 7.48. The Bertz CT molecular complexity index is 741. The van der Waals surface area contributed by atoms with Crippen LogP contribution >= 0.6 is 15.9 Å². The van der Waals surface area contributed by atoms with Crippen LogP contribution in [0.4, 0.5) is 5.69 Å². The third-order valence-electron chi connectivity index (χ3n) is 3.31. The molecule has 0 aliphatic heterocycles. The number of halogens is 1. The van der Waals surface area contributed by atoms with E-state index in [1.54, 1.807) is 37.4 Å². The average molecular weight is 362 g/mol. The van der Waals surface area contributed by atoms with Crippen LogP contribution < -0.4 is 10.1 Å². The SMILES string of the molecule is COc1ccc(C(=O)Nc2cc(C(C)=O)ccc2C)cc1Br. The number of rotatable bonds is 4. The fourth-order valence-corrected chi connectivity index (χ4v) is 2.52. The first kappa shape index (κ1) is 16.2. The smallest absolute Gasteiger partial charge is 0.255 e. The monoisotopic (exact) mass is 361 g/mol. The maximum absolute atomic E-state index is 12.3. The van der Waals surface area contributed by atoms with E-state index in [1.807, 2.05) is 13.0 Å². The molecule has 2 aromatic rings. The second-order valence-corrected chi connectivity index (χ2v) is 5.74. The van der Waals surface area contributed by atoms with Gasteiger partial charge in [0.2, 0.25) is 0 Å². The van der Waals surface area contributed by atoms with Gasteiger partial charge in [0.05, 0.1) is 11.6 Å². The van der Waals surface area contributed by atoms with Gasteiger partial charge >= 0.3 is 0 Å². The lowest BCUT2D eigenvalue weighted by molar-refractivity contribution is 0.101. The van der Waals surface area contributed by atoms with Gasteiger partial charge in [-0.15, -0.1) is 0 Å². The first-order chi connectivity index (χ1) is 10.4. The highest BCUT2D eigenvalue weighted by atomic mass is 79.9. The van der Waals surface area contributed by atoms with E-state index >= 15 is 0 Å². The number of ether oxygens (including phenoxy) is 1. The van der Waals surface area contributed by atoms with Crippen LogP contribution in [-0.2, 0) is 0 Å². The van der Waals surface area contributed by atoms with Crippen molar-refractivity contribution >= 4 is 33.3 Å². The fourth-order valence-electron chi connectivity index (χ4n) is 1.98. The summed E-state index contributed by atoms with van der Waals surface area (Å²) in [4.78, 5) is 23.8. The number of carbonyl (C=O) groups excluding carboxylic acids is 2. The van der Waals surface area contributed by atoms with E-state index in [4.69, 9.17) is 4.74 Å². The van der Waals surface area contributed by atoms with Gasteiger partial charge in [0.25, 0.3) is 5.91 Å². The summed E-state index contributed by atoms with van der Waals surface area (Å²) in [5.41, 5.74) is 2.59. The lowest BCUT2D eigenvalue weighted by Gasteiger charge is -2.11. The van der Waals surface area contributed by atoms with Gasteiger partial charge in [-0.25, -0.2) is 0 Å². The van der Waals surface area contributed by atoms with E-state index in [-0.39, 0.29) is 11.7 Å². The van der Waals surface area contributed by atoms with Crippen molar-refractivity contribution < 1.29 is 14.3 Å². The number of Topliss-reactive ketones (excluding diaryl/α,β-unsaturated/α-hetero) is 1. The molecule has 5 heteroatoms. The summed E-state index contributed by atoms with van der Waals surface area (Å²) in [7, 11) is 1.57. The second kappa shape index (κ2) is 6.75. The van der Waals surface area contributed by atoms with Crippen molar-refractivity contribution in [3.63, 3.8) is 0 Å². The van der Waals surface area contributed by atoms with Gasteiger partial charge < -0.3 is 10.1 Å². The Labute approximate surface area is 137 Å². The molecule has 22 heavy (non-hydrogen) atoms. The molecule has 0 aromatic heterocycles. The molecule has 2 rings (SSSR count). The topological polar surface area (TPSA) is 55.4 Å². The van der Waals surface area contributed by atoms with Gasteiger partial charge in [0, 0.05) is 16.8 Å². The summed E-state index contributed by atoms with van der Waals surface area (Å²) in [5.74, 6) is 0.376. The molecule has 0 aliphatic rings. The summed E-state index contributed by atoms with van der Waals surface area (Å²) in [6.45, 7) is 3.38. The molecule has 0 unspecified atom stereocenters. The minimum atomic E-state index is -0.243. The van der Waals surface area contributed by atoms with E-state index < -0.39 is 0 Å².